The van der Waals surface area contributed by atoms with Gasteiger partial charge in [-0.1, -0.05) is 35.5 Å². The van der Waals surface area contributed by atoms with Gasteiger partial charge in [0.1, 0.15) is 0 Å². The van der Waals surface area contributed by atoms with E-state index < -0.39 is 5.97 Å². The molecule has 0 unspecified atom stereocenters. The molecule has 0 atom stereocenters. The molecular formula is C22H15N3O3S2. The Morgan fingerprint density at radius 2 is 1.97 bits per heavy atom. The summed E-state index contributed by atoms with van der Waals surface area (Å²) in [4.78, 5) is 18.6. The van der Waals surface area contributed by atoms with Crippen LogP contribution in [0.5, 0.6) is 0 Å². The van der Waals surface area contributed by atoms with Gasteiger partial charge in [0.2, 0.25) is 5.82 Å². The van der Waals surface area contributed by atoms with E-state index in [1.807, 2.05) is 41.8 Å². The van der Waals surface area contributed by atoms with Crippen LogP contribution in [0.15, 0.2) is 75.5 Å². The molecule has 0 N–H and O–H groups in total. The van der Waals surface area contributed by atoms with Crippen molar-refractivity contribution in [2.24, 2.45) is 0 Å². The van der Waals surface area contributed by atoms with Gasteiger partial charge in [-0.3, -0.25) is 0 Å². The van der Waals surface area contributed by atoms with Crippen molar-refractivity contribution in [3.8, 4) is 16.8 Å². The Morgan fingerprint density at radius 1 is 1.13 bits per heavy atom. The van der Waals surface area contributed by atoms with Crippen molar-refractivity contribution in [3.05, 3.63) is 88.6 Å². The van der Waals surface area contributed by atoms with E-state index in [1.165, 1.54) is 23.1 Å². The van der Waals surface area contributed by atoms with Gasteiger partial charge >= 0.3 is 5.97 Å². The van der Waals surface area contributed by atoms with Crippen molar-refractivity contribution in [2.45, 2.75) is 17.3 Å². The number of aromatic nitrogens is 2. The molecule has 2 heterocycles. The lowest BCUT2D eigenvalue weighted by Gasteiger charge is -2.08. The van der Waals surface area contributed by atoms with E-state index in [4.69, 9.17) is 14.5 Å². The van der Waals surface area contributed by atoms with Crippen LogP contribution >= 0.6 is 23.1 Å². The zero-order chi connectivity index (χ0) is 20.8. The normalized spacial score (nSPS) is 10.5. The minimum atomic E-state index is -0.444. The third-order valence-electron chi connectivity index (χ3n) is 4.12. The minimum absolute atomic E-state index is 0.0671. The Labute approximate surface area is 181 Å². The van der Waals surface area contributed by atoms with Crippen LogP contribution in [0.1, 0.15) is 27.3 Å². The molecule has 2 aromatic carbocycles. The third kappa shape index (κ3) is 4.76. The fraction of sp³-hybridized carbons (Fsp3) is 0.0909. The van der Waals surface area contributed by atoms with E-state index in [1.54, 1.807) is 24.3 Å². The van der Waals surface area contributed by atoms with Gasteiger partial charge in [-0.25, -0.2) is 4.79 Å². The molecule has 0 spiro atoms. The lowest BCUT2D eigenvalue weighted by atomic mass is 10.2. The number of benzene rings is 2. The Hall–Kier alpha value is -3.41. The predicted molar refractivity (Wildman–Crippen MR) is 114 cm³/mol. The number of nitrogens with zero attached hydrogens (tertiary/aromatic N) is 3. The number of hydrogen-bond acceptors (Lipinski definition) is 8. The molecule has 0 aliphatic rings. The molecule has 4 rings (SSSR count). The first-order valence-electron chi connectivity index (χ1n) is 8.97. The summed E-state index contributed by atoms with van der Waals surface area (Å²) < 4.78 is 10.6. The summed E-state index contributed by atoms with van der Waals surface area (Å²) in [6.45, 7) is -0.0671. The average Bonchev–Trinajstić information content (AvgIpc) is 3.48. The van der Waals surface area contributed by atoms with Crippen molar-refractivity contribution < 1.29 is 14.1 Å². The Kier molecular flexibility index (Phi) is 6.23. The summed E-state index contributed by atoms with van der Waals surface area (Å²) in [6, 6.07) is 20.6. The molecule has 8 heteroatoms. The summed E-state index contributed by atoms with van der Waals surface area (Å²) in [7, 11) is 0. The van der Waals surface area contributed by atoms with Gasteiger partial charge < -0.3 is 9.26 Å². The molecule has 0 aliphatic heterocycles. The first-order valence-corrected chi connectivity index (χ1v) is 10.8. The SMILES string of the molecule is N#Cc1ccc(CSc2ccccc2C(=O)OCc2noc(-c3cccs3)n2)cc1. The molecule has 30 heavy (non-hydrogen) atoms. The van der Waals surface area contributed by atoms with Crippen molar-refractivity contribution in [1.82, 2.24) is 10.1 Å². The molecule has 0 amide bonds. The number of thioether (sulfide) groups is 1. The molecule has 0 aliphatic carbocycles. The fourth-order valence-electron chi connectivity index (χ4n) is 2.62. The lowest BCUT2D eigenvalue weighted by Crippen LogP contribution is -2.07. The van der Waals surface area contributed by atoms with Crippen LogP contribution in [0.2, 0.25) is 0 Å². The molecular weight excluding hydrogens is 418 g/mol. The van der Waals surface area contributed by atoms with E-state index >= 15 is 0 Å². The second kappa shape index (κ2) is 9.39. The van der Waals surface area contributed by atoms with Gasteiger partial charge in [0.05, 0.1) is 22.1 Å². The van der Waals surface area contributed by atoms with Crippen LogP contribution in [0.4, 0.5) is 0 Å². The Bertz CT molecular complexity index is 1180. The summed E-state index contributed by atoms with van der Waals surface area (Å²) >= 11 is 3.03. The van der Waals surface area contributed by atoms with Crippen molar-refractivity contribution in [1.29, 1.82) is 5.26 Å². The van der Waals surface area contributed by atoms with Gasteiger partial charge in [0, 0.05) is 10.6 Å². The van der Waals surface area contributed by atoms with E-state index in [-0.39, 0.29) is 6.61 Å². The molecule has 148 valence electrons. The number of carbonyl (C=O) groups excluding carboxylic acids is 1. The minimum Gasteiger partial charge on any atom is -0.454 e. The van der Waals surface area contributed by atoms with Gasteiger partial charge in [-0.2, -0.15) is 10.2 Å². The number of carbonyl (C=O) groups is 1. The highest BCUT2D eigenvalue weighted by molar-refractivity contribution is 7.98. The van der Waals surface area contributed by atoms with Crippen molar-refractivity contribution in [3.63, 3.8) is 0 Å². The highest BCUT2D eigenvalue weighted by atomic mass is 32.2. The topological polar surface area (TPSA) is 89.0 Å². The molecule has 0 bridgehead atoms. The van der Waals surface area contributed by atoms with Crippen molar-refractivity contribution in [2.75, 3.05) is 0 Å². The number of ether oxygens (including phenoxy) is 1. The van der Waals surface area contributed by atoms with Crippen LogP contribution in [0.3, 0.4) is 0 Å². The zero-order valence-electron chi connectivity index (χ0n) is 15.6. The van der Waals surface area contributed by atoms with Gasteiger partial charge in [-0.15, -0.1) is 23.1 Å². The zero-order valence-corrected chi connectivity index (χ0v) is 17.3. The molecule has 0 saturated heterocycles. The van der Waals surface area contributed by atoms with Crippen LogP contribution in [-0.2, 0) is 17.1 Å². The molecule has 0 fully saturated rings. The summed E-state index contributed by atoms with van der Waals surface area (Å²) in [5.41, 5.74) is 2.17. The monoisotopic (exact) mass is 433 g/mol. The lowest BCUT2D eigenvalue weighted by molar-refractivity contribution is 0.0455. The standard InChI is InChI=1S/C22H15N3O3S2/c23-12-15-7-9-16(10-8-15)14-30-18-5-2-1-4-17(18)22(26)27-13-20-24-21(28-25-20)19-6-3-11-29-19/h1-11H,13-14H2. The second-order valence-electron chi connectivity index (χ2n) is 6.16. The van der Waals surface area contributed by atoms with Gasteiger partial charge in [0.15, 0.2) is 6.61 Å². The van der Waals surface area contributed by atoms with E-state index in [0.29, 0.717) is 28.6 Å². The van der Waals surface area contributed by atoms with E-state index in [9.17, 15) is 4.79 Å². The van der Waals surface area contributed by atoms with Crippen molar-refractivity contribution >= 4 is 29.1 Å². The number of rotatable bonds is 7. The maximum Gasteiger partial charge on any atom is 0.339 e. The first kappa shape index (κ1) is 19.9. The highest BCUT2D eigenvalue weighted by Gasteiger charge is 2.16. The summed E-state index contributed by atoms with van der Waals surface area (Å²) in [5, 5.41) is 14.7. The molecule has 0 saturated carbocycles. The number of thiophene rings is 1. The van der Waals surface area contributed by atoms with Gasteiger partial charge in [-0.05, 0) is 41.3 Å². The first-order chi connectivity index (χ1) is 14.7. The maximum absolute atomic E-state index is 12.6. The number of nitriles is 1. The largest absolute Gasteiger partial charge is 0.454 e. The molecule has 2 aromatic heterocycles. The highest BCUT2D eigenvalue weighted by Crippen LogP contribution is 2.27. The number of hydrogen-bond donors (Lipinski definition) is 0. The smallest absolute Gasteiger partial charge is 0.339 e. The second-order valence-corrected chi connectivity index (χ2v) is 8.13. The van der Waals surface area contributed by atoms with Crippen LogP contribution < -0.4 is 0 Å². The Morgan fingerprint density at radius 3 is 2.73 bits per heavy atom. The van der Waals surface area contributed by atoms with Crippen LogP contribution in [-0.4, -0.2) is 16.1 Å². The third-order valence-corrected chi connectivity index (χ3v) is 6.12. The fourth-order valence-corrected chi connectivity index (χ4v) is 4.26. The predicted octanol–water partition coefficient (Wildman–Crippen LogP) is 5.32. The molecule has 6 nitrogen and oxygen atoms in total. The number of esters is 1. The maximum atomic E-state index is 12.6. The van der Waals surface area contributed by atoms with E-state index in [2.05, 4.69) is 16.2 Å². The van der Waals surface area contributed by atoms with E-state index in [0.717, 1.165) is 15.3 Å². The van der Waals surface area contributed by atoms with Crippen LogP contribution in [0.25, 0.3) is 10.8 Å². The Balaban J connectivity index is 1.39. The van der Waals surface area contributed by atoms with Gasteiger partial charge in [0.25, 0.3) is 5.89 Å². The summed E-state index contributed by atoms with van der Waals surface area (Å²) in [6.07, 6.45) is 0. The molecule has 4 aromatic rings. The van der Waals surface area contributed by atoms with Crippen LogP contribution in [0, 0.1) is 11.3 Å². The quantitative estimate of drug-likeness (QED) is 0.288. The molecule has 0 radical (unpaired) electrons. The summed E-state index contributed by atoms with van der Waals surface area (Å²) in [5.74, 6) is 0.953. The average molecular weight is 434 g/mol.